The first-order valence-electron chi connectivity index (χ1n) is 6.27. The van der Waals surface area contributed by atoms with Gasteiger partial charge in [-0.15, -0.1) is 0 Å². The van der Waals surface area contributed by atoms with Crippen LogP contribution >= 0.6 is 11.8 Å². The van der Waals surface area contributed by atoms with Crippen LogP contribution in [-0.2, 0) is 10.0 Å². The number of carboxylic acid groups (broad SMARTS) is 1. The van der Waals surface area contributed by atoms with E-state index >= 15 is 0 Å². The fourth-order valence-corrected chi connectivity index (χ4v) is 4.20. The molecule has 8 heteroatoms. The molecule has 0 amide bonds. The molecule has 0 saturated carbocycles. The third kappa shape index (κ3) is 4.42. The van der Waals surface area contributed by atoms with Gasteiger partial charge in [0, 0.05) is 17.4 Å². The van der Waals surface area contributed by atoms with Crippen LogP contribution in [0.2, 0.25) is 0 Å². The number of nitrogens with one attached hydrogen (secondary N) is 1. The number of aromatic carboxylic acids is 1. The topological polar surface area (TPSA) is 83.5 Å². The third-order valence-electron chi connectivity index (χ3n) is 3.02. The molecule has 0 bridgehead atoms. The molecule has 0 spiro atoms. The van der Waals surface area contributed by atoms with E-state index in [4.69, 9.17) is 5.11 Å². The molecule has 1 unspecified atom stereocenters. The summed E-state index contributed by atoms with van der Waals surface area (Å²) in [6.07, 6.45) is 2.44. The number of hydrogen-bond donors (Lipinski definition) is 2. The van der Waals surface area contributed by atoms with E-state index in [-0.39, 0.29) is 16.5 Å². The van der Waals surface area contributed by atoms with E-state index in [0.717, 1.165) is 12.1 Å². The monoisotopic (exact) mass is 335 g/mol. The van der Waals surface area contributed by atoms with Gasteiger partial charge in [0.25, 0.3) is 0 Å². The zero-order valence-corrected chi connectivity index (χ0v) is 13.6. The van der Waals surface area contributed by atoms with E-state index in [2.05, 4.69) is 4.72 Å². The van der Waals surface area contributed by atoms with Gasteiger partial charge >= 0.3 is 5.97 Å². The summed E-state index contributed by atoms with van der Waals surface area (Å²) in [6.45, 7) is 3.15. The highest BCUT2D eigenvalue weighted by atomic mass is 32.2. The molecule has 0 saturated heterocycles. The number of carbonyl (C=O) groups is 1. The molecule has 0 aliphatic carbocycles. The molecule has 5 nitrogen and oxygen atoms in total. The van der Waals surface area contributed by atoms with E-state index in [1.807, 2.05) is 13.2 Å². The molecule has 0 aliphatic rings. The average molecular weight is 335 g/mol. The lowest BCUT2D eigenvalue weighted by molar-refractivity contribution is 0.0696. The van der Waals surface area contributed by atoms with Gasteiger partial charge < -0.3 is 5.11 Å². The molecular weight excluding hydrogens is 317 g/mol. The molecule has 1 aromatic rings. The SMILES string of the molecule is CCC(CSC)NS(=O)(=O)c1cc(C(=O)O)cc(F)c1C. The Kier molecular flexibility index (Phi) is 6.18. The summed E-state index contributed by atoms with van der Waals surface area (Å²) in [6, 6.07) is 1.51. The van der Waals surface area contributed by atoms with Gasteiger partial charge in [-0.2, -0.15) is 11.8 Å². The van der Waals surface area contributed by atoms with Crippen LogP contribution in [0.3, 0.4) is 0 Å². The fraction of sp³-hybridized carbons (Fsp3) is 0.462. The summed E-state index contributed by atoms with van der Waals surface area (Å²) >= 11 is 1.49. The van der Waals surface area contributed by atoms with Crippen LogP contribution in [0.15, 0.2) is 17.0 Å². The first-order chi connectivity index (χ1) is 9.72. The van der Waals surface area contributed by atoms with Gasteiger partial charge in [-0.05, 0) is 31.7 Å². The Bertz CT molecular complexity index is 631. The lowest BCUT2D eigenvalue weighted by Gasteiger charge is -2.17. The van der Waals surface area contributed by atoms with Gasteiger partial charge in [0.2, 0.25) is 10.0 Å². The number of carboxylic acids is 1. The third-order valence-corrected chi connectivity index (χ3v) is 5.40. The Hall–Kier alpha value is -1.12. The Balaban J connectivity index is 3.27. The van der Waals surface area contributed by atoms with Gasteiger partial charge in [0.05, 0.1) is 10.5 Å². The fourth-order valence-electron chi connectivity index (χ4n) is 1.78. The van der Waals surface area contributed by atoms with Gasteiger partial charge in [-0.1, -0.05) is 6.92 Å². The van der Waals surface area contributed by atoms with Gasteiger partial charge in [-0.3, -0.25) is 0 Å². The molecule has 118 valence electrons. The van der Waals surface area contributed by atoms with E-state index < -0.39 is 27.4 Å². The number of benzene rings is 1. The maximum Gasteiger partial charge on any atom is 0.335 e. The van der Waals surface area contributed by atoms with Crippen molar-refractivity contribution in [3.63, 3.8) is 0 Å². The van der Waals surface area contributed by atoms with Crippen LogP contribution in [0.4, 0.5) is 4.39 Å². The zero-order chi connectivity index (χ0) is 16.2. The minimum Gasteiger partial charge on any atom is -0.478 e. The van der Waals surface area contributed by atoms with Crippen molar-refractivity contribution in [2.24, 2.45) is 0 Å². The molecule has 1 rings (SSSR count). The van der Waals surface area contributed by atoms with Crippen LogP contribution in [-0.4, -0.2) is 37.5 Å². The summed E-state index contributed by atoms with van der Waals surface area (Å²) in [5.41, 5.74) is -0.483. The van der Waals surface area contributed by atoms with E-state index in [9.17, 15) is 17.6 Å². The normalized spacial score (nSPS) is 13.1. The highest BCUT2D eigenvalue weighted by molar-refractivity contribution is 7.98. The van der Waals surface area contributed by atoms with E-state index in [0.29, 0.717) is 12.2 Å². The first-order valence-corrected chi connectivity index (χ1v) is 9.15. The number of thioether (sulfide) groups is 1. The van der Waals surface area contributed by atoms with Crippen molar-refractivity contribution in [2.75, 3.05) is 12.0 Å². The van der Waals surface area contributed by atoms with Crippen LogP contribution in [0.1, 0.15) is 29.3 Å². The maximum atomic E-state index is 13.7. The summed E-state index contributed by atoms with van der Waals surface area (Å²) in [5, 5.41) is 8.92. The Morgan fingerprint density at radius 1 is 1.48 bits per heavy atom. The van der Waals surface area contributed by atoms with Crippen molar-refractivity contribution in [2.45, 2.75) is 31.2 Å². The maximum absolute atomic E-state index is 13.7. The Morgan fingerprint density at radius 2 is 2.10 bits per heavy atom. The summed E-state index contributed by atoms with van der Waals surface area (Å²) in [5.74, 6) is -1.65. The summed E-state index contributed by atoms with van der Waals surface area (Å²) < 4.78 is 40.9. The minimum atomic E-state index is -3.97. The second-order valence-corrected chi connectivity index (χ2v) is 7.16. The minimum absolute atomic E-state index is 0.0912. The molecule has 0 aliphatic heterocycles. The van der Waals surface area contributed by atoms with Crippen LogP contribution in [0.25, 0.3) is 0 Å². The van der Waals surface area contributed by atoms with E-state index in [1.165, 1.54) is 18.7 Å². The highest BCUT2D eigenvalue weighted by Gasteiger charge is 2.24. The van der Waals surface area contributed by atoms with Crippen molar-refractivity contribution < 1.29 is 22.7 Å². The van der Waals surface area contributed by atoms with Crippen molar-refractivity contribution in [3.8, 4) is 0 Å². The lowest BCUT2D eigenvalue weighted by atomic mass is 10.1. The Morgan fingerprint density at radius 3 is 2.57 bits per heavy atom. The lowest BCUT2D eigenvalue weighted by Crippen LogP contribution is -2.36. The number of hydrogen-bond acceptors (Lipinski definition) is 4. The number of rotatable bonds is 7. The average Bonchev–Trinajstić information content (AvgIpc) is 2.40. The van der Waals surface area contributed by atoms with Crippen molar-refractivity contribution >= 4 is 27.8 Å². The highest BCUT2D eigenvalue weighted by Crippen LogP contribution is 2.21. The van der Waals surface area contributed by atoms with Crippen LogP contribution < -0.4 is 4.72 Å². The molecule has 1 aromatic carbocycles. The van der Waals surface area contributed by atoms with E-state index in [1.54, 1.807) is 0 Å². The molecule has 0 aromatic heterocycles. The van der Waals surface area contributed by atoms with Gasteiger partial charge in [0.1, 0.15) is 5.82 Å². The van der Waals surface area contributed by atoms with Crippen molar-refractivity contribution in [1.82, 2.24) is 4.72 Å². The molecule has 0 heterocycles. The smallest absolute Gasteiger partial charge is 0.335 e. The molecule has 0 radical (unpaired) electrons. The quantitative estimate of drug-likeness (QED) is 0.798. The molecule has 21 heavy (non-hydrogen) atoms. The molecule has 1 atom stereocenters. The molecular formula is C13H18FNO4S2. The predicted octanol–water partition coefficient (Wildman–Crippen LogP) is 2.25. The predicted molar refractivity (Wildman–Crippen MR) is 80.9 cm³/mol. The number of sulfonamides is 1. The molecule has 0 fully saturated rings. The zero-order valence-electron chi connectivity index (χ0n) is 12.0. The first kappa shape index (κ1) is 17.9. The summed E-state index contributed by atoms with van der Waals surface area (Å²) in [7, 11) is -3.97. The van der Waals surface area contributed by atoms with Crippen LogP contribution in [0, 0.1) is 12.7 Å². The van der Waals surface area contributed by atoms with Gasteiger partial charge in [0.15, 0.2) is 0 Å². The second-order valence-electron chi connectivity index (χ2n) is 4.57. The number of halogens is 1. The summed E-state index contributed by atoms with van der Waals surface area (Å²) in [4.78, 5) is 10.6. The Labute approximate surface area is 128 Å². The largest absolute Gasteiger partial charge is 0.478 e. The molecule has 2 N–H and O–H groups in total. The van der Waals surface area contributed by atoms with Crippen LogP contribution in [0.5, 0.6) is 0 Å². The van der Waals surface area contributed by atoms with Gasteiger partial charge in [-0.25, -0.2) is 22.3 Å². The standard InChI is InChI=1S/C13H18FNO4S2/c1-4-10(7-20-3)15-21(18,19)12-6-9(13(16)17)5-11(14)8(12)2/h5-6,10,15H,4,7H2,1-3H3,(H,16,17). The second kappa shape index (κ2) is 7.24. The van der Waals surface area contributed by atoms with Crippen molar-refractivity contribution in [3.05, 3.63) is 29.1 Å². The van der Waals surface area contributed by atoms with Crippen molar-refractivity contribution in [1.29, 1.82) is 0 Å².